The van der Waals surface area contributed by atoms with E-state index in [4.69, 9.17) is 23.7 Å². The highest BCUT2D eigenvalue weighted by molar-refractivity contribution is 4.94. The van der Waals surface area contributed by atoms with Crippen LogP contribution in [0.3, 0.4) is 0 Å². The largest absolute Gasteiger partial charge is 0.382 e. The summed E-state index contributed by atoms with van der Waals surface area (Å²) >= 11 is 0. The first-order valence-electron chi connectivity index (χ1n) is 4.77. The van der Waals surface area contributed by atoms with E-state index in [0.29, 0.717) is 6.61 Å². The molecule has 2 radical (unpaired) electrons. The maximum absolute atomic E-state index is 5.35. The molecule has 88 valence electrons. The molecule has 1 saturated heterocycles. The fourth-order valence-electron chi connectivity index (χ4n) is 1.69. The van der Waals surface area contributed by atoms with Gasteiger partial charge in [0.2, 0.25) is 0 Å². The Morgan fingerprint density at radius 1 is 1.00 bits per heavy atom. The Morgan fingerprint density at radius 2 is 1.67 bits per heavy atom. The molecule has 1 heterocycles. The highest BCUT2D eigenvalue weighted by Crippen LogP contribution is 2.24. The van der Waals surface area contributed by atoms with Crippen LogP contribution in [0.25, 0.3) is 0 Å². The smallest absolute Gasteiger partial charge is 0.166 e. The van der Waals surface area contributed by atoms with Crippen molar-refractivity contribution < 1.29 is 23.7 Å². The predicted octanol–water partition coefficient (Wildman–Crippen LogP) is 0.115. The zero-order valence-electron chi connectivity index (χ0n) is 9.56. The number of hydrogen-bond acceptors (Lipinski definition) is 5. The molecule has 1 fully saturated rings. The van der Waals surface area contributed by atoms with Crippen molar-refractivity contribution in [3.05, 3.63) is 6.61 Å². The van der Waals surface area contributed by atoms with Crippen molar-refractivity contribution in [2.45, 2.75) is 24.4 Å². The van der Waals surface area contributed by atoms with E-state index in [1.54, 1.807) is 28.4 Å². The minimum atomic E-state index is -0.340. The van der Waals surface area contributed by atoms with Crippen molar-refractivity contribution in [1.82, 2.24) is 0 Å². The Hall–Kier alpha value is -0.200. The van der Waals surface area contributed by atoms with Gasteiger partial charge in [-0.25, -0.2) is 0 Å². The van der Waals surface area contributed by atoms with Gasteiger partial charge in [0.1, 0.15) is 24.4 Å². The average Bonchev–Trinajstić information content (AvgIpc) is 2.28. The van der Waals surface area contributed by atoms with Crippen LogP contribution in [-0.2, 0) is 23.7 Å². The Labute approximate surface area is 90.6 Å². The van der Waals surface area contributed by atoms with Crippen LogP contribution in [0.1, 0.15) is 0 Å². The lowest BCUT2D eigenvalue weighted by Crippen LogP contribution is -2.54. The first-order valence-corrected chi connectivity index (χ1v) is 4.77. The lowest BCUT2D eigenvalue weighted by atomic mass is 10.00. The molecule has 0 aromatic rings. The normalized spacial score (nSPS) is 36.8. The highest BCUT2D eigenvalue weighted by atomic mass is 16.6. The minimum absolute atomic E-state index is 0.212. The molecule has 0 aromatic carbocycles. The van der Waals surface area contributed by atoms with E-state index in [1.165, 1.54) is 0 Å². The van der Waals surface area contributed by atoms with Gasteiger partial charge in [-0.3, -0.25) is 0 Å². The van der Waals surface area contributed by atoms with Gasteiger partial charge in [0.25, 0.3) is 0 Å². The molecule has 0 unspecified atom stereocenters. The zero-order chi connectivity index (χ0) is 11.3. The van der Waals surface area contributed by atoms with Crippen LogP contribution in [0.5, 0.6) is 0 Å². The molecule has 1 rings (SSSR count). The van der Waals surface area contributed by atoms with E-state index in [-0.39, 0.29) is 24.4 Å². The summed E-state index contributed by atoms with van der Waals surface area (Å²) in [7, 11) is 6.41. The third-order valence-electron chi connectivity index (χ3n) is 2.45. The van der Waals surface area contributed by atoms with Crippen LogP contribution in [0.4, 0.5) is 0 Å². The van der Waals surface area contributed by atoms with Gasteiger partial charge in [-0.2, -0.15) is 0 Å². The second-order valence-corrected chi connectivity index (χ2v) is 3.29. The summed E-state index contributed by atoms with van der Waals surface area (Å²) in [4.78, 5) is 0. The van der Waals surface area contributed by atoms with Gasteiger partial charge in [0, 0.05) is 28.4 Å². The zero-order valence-corrected chi connectivity index (χ0v) is 9.56. The number of methoxy groups -OCH3 is 4. The third-order valence-corrected chi connectivity index (χ3v) is 2.45. The molecule has 0 bridgehead atoms. The van der Waals surface area contributed by atoms with Crippen molar-refractivity contribution in [2.75, 3.05) is 35.0 Å². The SMILES string of the molecule is COC[C@@H]1O[C][C@@H](OC)[C@@H](OC)[C@H]1OC. The molecular formula is C10H18O5. The topological polar surface area (TPSA) is 46.2 Å². The molecule has 0 spiro atoms. The first kappa shape index (κ1) is 12.9. The summed E-state index contributed by atoms with van der Waals surface area (Å²) in [6.07, 6.45) is -1.00. The average molecular weight is 218 g/mol. The van der Waals surface area contributed by atoms with Crippen LogP contribution < -0.4 is 0 Å². The first-order chi connectivity index (χ1) is 7.28. The predicted molar refractivity (Wildman–Crippen MR) is 52.4 cm³/mol. The molecule has 1 aliphatic heterocycles. The van der Waals surface area contributed by atoms with Gasteiger partial charge in [0.05, 0.1) is 6.61 Å². The highest BCUT2D eigenvalue weighted by Gasteiger charge is 2.42. The van der Waals surface area contributed by atoms with E-state index < -0.39 is 0 Å². The van der Waals surface area contributed by atoms with Crippen LogP contribution in [0.2, 0.25) is 0 Å². The van der Waals surface area contributed by atoms with Crippen molar-refractivity contribution in [2.24, 2.45) is 0 Å². The number of ether oxygens (including phenoxy) is 5. The summed E-state index contributed by atoms with van der Waals surface area (Å²) in [6, 6.07) is 0. The van der Waals surface area contributed by atoms with E-state index in [0.717, 1.165) is 0 Å². The summed E-state index contributed by atoms with van der Waals surface area (Å²) in [5.74, 6) is 0. The fourth-order valence-corrected chi connectivity index (χ4v) is 1.69. The molecule has 0 aromatic heterocycles. The Bertz CT molecular complexity index is 175. The van der Waals surface area contributed by atoms with E-state index >= 15 is 0 Å². The van der Waals surface area contributed by atoms with Crippen molar-refractivity contribution in [3.63, 3.8) is 0 Å². The van der Waals surface area contributed by atoms with E-state index in [1.807, 2.05) is 0 Å². The quantitative estimate of drug-likeness (QED) is 0.655. The molecule has 0 N–H and O–H groups in total. The van der Waals surface area contributed by atoms with Gasteiger partial charge < -0.3 is 23.7 Å². The number of rotatable bonds is 5. The molecule has 1 aliphatic rings. The number of hydrogen-bond donors (Lipinski definition) is 0. The minimum Gasteiger partial charge on any atom is -0.382 e. The maximum Gasteiger partial charge on any atom is 0.166 e. The third kappa shape index (κ3) is 2.89. The van der Waals surface area contributed by atoms with Gasteiger partial charge in [0.15, 0.2) is 6.61 Å². The van der Waals surface area contributed by atoms with Crippen LogP contribution >= 0.6 is 0 Å². The van der Waals surface area contributed by atoms with Crippen molar-refractivity contribution >= 4 is 0 Å². The molecule has 4 atom stereocenters. The molecule has 15 heavy (non-hydrogen) atoms. The van der Waals surface area contributed by atoms with Gasteiger partial charge in [-0.1, -0.05) is 0 Å². The second kappa shape index (κ2) is 6.40. The lowest BCUT2D eigenvalue weighted by molar-refractivity contribution is -0.197. The maximum atomic E-state index is 5.35. The van der Waals surface area contributed by atoms with Gasteiger partial charge >= 0.3 is 0 Å². The van der Waals surface area contributed by atoms with E-state index in [2.05, 4.69) is 6.61 Å². The molecular weight excluding hydrogens is 200 g/mol. The van der Waals surface area contributed by atoms with Gasteiger partial charge in [-0.15, -0.1) is 0 Å². The lowest BCUT2D eigenvalue weighted by Gasteiger charge is -2.39. The van der Waals surface area contributed by atoms with Crippen molar-refractivity contribution in [3.8, 4) is 0 Å². The van der Waals surface area contributed by atoms with Crippen LogP contribution in [-0.4, -0.2) is 59.5 Å². The monoisotopic (exact) mass is 218 g/mol. The Morgan fingerprint density at radius 3 is 2.13 bits per heavy atom. The van der Waals surface area contributed by atoms with E-state index in [9.17, 15) is 0 Å². The van der Waals surface area contributed by atoms with Gasteiger partial charge in [-0.05, 0) is 0 Å². The molecule has 5 heteroatoms. The summed E-state index contributed by atoms with van der Waals surface area (Å²) < 4.78 is 26.2. The Kier molecular flexibility index (Phi) is 5.49. The second-order valence-electron chi connectivity index (χ2n) is 3.29. The summed E-state index contributed by atoms with van der Waals surface area (Å²) in [5, 5.41) is 0. The molecule has 0 amide bonds. The summed E-state index contributed by atoms with van der Waals surface area (Å²) in [6.45, 7) is 3.19. The van der Waals surface area contributed by atoms with Crippen LogP contribution in [0.15, 0.2) is 0 Å². The Balaban J connectivity index is 2.65. The molecule has 0 aliphatic carbocycles. The molecule has 5 nitrogen and oxygen atoms in total. The standard InChI is InChI=1S/C10H18O5/c1-11-5-8-10(14-4)9(13-3)7(12-2)6-15-8/h7-10H,5H2,1-4H3/t7-,8+,9-,10+/m1/s1. The molecule has 0 saturated carbocycles. The summed E-state index contributed by atoms with van der Waals surface area (Å²) in [5.41, 5.74) is 0. The fraction of sp³-hybridized carbons (Fsp3) is 0.900. The van der Waals surface area contributed by atoms with Crippen molar-refractivity contribution in [1.29, 1.82) is 0 Å². The van der Waals surface area contributed by atoms with Crippen LogP contribution in [0, 0.1) is 6.61 Å².